The summed E-state index contributed by atoms with van der Waals surface area (Å²) in [7, 11) is 0. The number of nitrogens with zero attached hydrogens (tertiary/aromatic N) is 1. The van der Waals surface area contributed by atoms with Crippen LogP contribution in [0.25, 0.3) is 0 Å². The molecular formula is C18H17FN2O4. The Bertz CT molecular complexity index is 737. The summed E-state index contributed by atoms with van der Waals surface area (Å²) in [5.74, 6) is -0.145. The van der Waals surface area contributed by atoms with Crippen molar-refractivity contribution >= 4 is 17.7 Å². The molecule has 2 aromatic rings. The van der Waals surface area contributed by atoms with Crippen molar-refractivity contribution in [2.24, 2.45) is 0 Å². The van der Waals surface area contributed by atoms with E-state index in [1.54, 1.807) is 24.3 Å². The molecule has 0 spiro atoms. The summed E-state index contributed by atoms with van der Waals surface area (Å²) >= 11 is 0. The van der Waals surface area contributed by atoms with E-state index >= 15 is 0 Å². The van der Waals surface area contributed by atoms with Gasteiger partial charge in [-0.15, -0.1) is 0 Å². The predicted molar refractivity (Wildman–Crippen MR) is 89.0 cm³/mol. The Labute approximate surface area is 144 Å². The molecule has 2 amide bonds. The molecule has 0 bridgehead atoms. The largest absolute Gasteiger partial charge is 0.412 e. The van der Waals surface area contributed by atoms with Crippen LogP contribution in [0.5, 0.6) is 5.75 Å². The maximum absolute atomic E-state index is 13.0. The summed E-state index contributed by atoms with van der Waals surface area (Å²) in [5.41, 5.74) is 0.589. The number of benzene rings is 2. The summed E-state index contributed by atoms with van der Waals surface area (Å²) < 4.78 is 23.6. The third-order valence-electron chi connectivity index (χ3n) is 3.70. The number of anilines is 1. The number of amides is 2. The second-order valence-electron chi connectivity index (χ2n) is 5.50. The van der Waals surface area contributed by atoms with Crippen LogP contribution < -0.4 is 15.0 Å². The van der Waals surface area contributed by atoms with E-state index in [4.69, 9.17) is 9.47 Å². The van der Waals surface area contributed by atoms with Crippen molar-refractivity contribution in [3.8, 4) is 5.75 Å². The molecule has 1 N–H and O–H groups in total. The van der Waals surface area contributed by atoms with Gasteiger partial charge in [0.25, 0.3) is 5.91 Å². The van der Waals surface area contributed by atoms with Gasteiger partial charge in [0.2, 0.25) is 0 Å². The zero-order valence-electron chi connectivity index (χ0n) is 13.4. The van der Waals surface area contributed by atoms with Crippen LogP contribution in [-0.4, -0.2) is 37.8 Å². The van der Waals surface area contributed by atoms with Gasteiger partial charge in [0, 0.05) is 12.2 Å². The molecule has 2 aromatic carbocycles. The van der Waals surface area contributed by atoms with E-state index < -0.39 is 6.09 Å². The van der Waals surface area contributed by atoms with E-state index in [0.717, 1.165) is 0 Å². The maximum atomic E-state index is 13.0. The van der Waals surface area contributed by atoms with Gasteiger partial charge in [-0.05, 0) is 36.4 Å². The first-order valence-corrected chi connectivity index (χ1v) is 7.80. The lowest BCUT2D eigenvalue weighted by atomic mass is 10.2. The van der Waals surface area contributed by atoms with Crippen molar-refractivity contribution in [2.45, 2.75) is 6.10 Å². The van der Waals surface area contributed by atoms with E-state index in [1.807, 2.05) is 6.07 Å². The standard InChI is InChI=1S/C18H17FN2O4/c19-13-6-8-14(9-7-13)21-11-16(24-12-17(21)22)10-20-18(23)25-15-4-2-1-3-5-15/h1-9,16H,10-12H2,(H,20,23). The predicted octanol–water partition coefficient (Wildman–Crippen LogP) is 2.35. The summed E-state index contributed by atoms with van der Waals surface area (Å²) in [6.45, 7) is 0.351. The molecule has 3 rings (SSSR count). The number of ether oxygens (including phenoxy) is 2. The highest BCUT2D eigenvalue weighted by atomic mass is 19.1. The third-order valence-corrected chi connectivity index (χ3v) is 3.70. The van der Waals surface area contributed by atoms with Crippen molar-refractivity contribution < 1.29 is 23.5 Å². The Morgan fingerprint density at radius 3 is 2.64 bits per heavy atom. The van der Waals surface area contributed by atoms with Gasteiger partial charge in [-0.1, -0.05) is 18.2 Å². The van der Waals surface area contributed by atoms with E-state index in [9.17, 15) is 14.0 Å². The maximum Gasteiger partial charge on any atom is 0.412 e. The molecule has 130 valence electrons. The number of rotatable bonds is 4. The molecule has 1 aliphatic heterocycles. The fourth-order valence-corrected chi connectivity index (χ4v) is 2.45. The lowest BCUT2D eigenvalue weighted by Gasteiger charge is -2.32. The lowest BCUT2D eigenvalue weighted by molar-refractivity contribution is -0.129. The molecule has 0 saturated carbocycles. The van der Waals surface area contributed by atoms with Gasteiger partial charge < -0.3 is 19.7 Å². The molecule has 0 aromatic heterocycles. The van der Waals surface area contributed by atoms with E-state index in [-0.39, 0.29) is 37.5 Å². The van der Waals surface area contributed by atoms with E-state index in [0.29, 0.717) is 11.4 Å². The van der Waals surface area contributed by atoms with Crippen LogP contribution in [0, 0.1) is 5.82 Å². The molecule has 1 aliphatic rings. The number of carbonyl (C=O) groups is 2. The zero-order chi connectivity index (χ0) is 17.6. The fraction of sp³-hybridized carbons (Fsp3) is 0.222. The van der Waals surface area contributed by atoms with Crippen molar-refractivity contribution in [2.75, 3.05) is 24.6 Å². The number of hydrogen-bond acceptors (Lipinski definition) is 4. The Morgan fingerprint density at radius 1 is 1.20 bits per heavy atom. The second kappa shape index (κ2) is 7.76. The molecule has 1 atom stereocenters. The first-order valence-electron chi connectivity index (χ1n) is 7.80. The van der Waals surface area contributed by atoms with Gasteiger partial charge in [-0.2, -0.15) is 0 Å². The quantitative estimate of drug-likeness (QED) is 0.924. The van der Waals surface area contributed by atoms with Crippen LogP contribution in [0.4, 0.5) is 14.9 Å². The molecule has 25 heavy (non-hydrogen) atoms. The van der Waals surface area contributed by atoms with Gasteiger partial charge in [0.05, 0.1) is 12.6 Å². The Kier molecular flexibility index (Phi) is 5.25. The number of nitrogens with one attached hydrogen (secondary N) is 1. The van der Waals surface area contributed by atoms with Crippen LogP contribution in [0.1, 0.15) is 0 Å². The van der Waals surface area contributed by atoms with E-state index in [2.05, 4.69) is 5.32 Å². The van der Waals surface area contributed by atoms with Gasteiger partial charge in [0.15, 0.2) is 0 Å². The Hall–Kier alpha value is -2.93. The summed E-state index contributed by atoms with van der Waals surface area (Å²) in [6, 6.07) is 14.3. The SMILES string of the molecule is O=C(NCC1CN(c2ccc(F)cc2)C(=O)CO1)Oc1ccccc1. The van der Waals surface area contributed by atoms with Gasteiger partial charge in [-0.3, -0.25) is 4.79 Å². The Balaban J connectivity index is 1.53. The first kappa shape index (κ1) is 16.9. The van der Waals surface area contributed by atoms with Crippen LogP contribution in [0.3, 0.4) is 0 Å². The minimum Gasteiger partial charge on any atom is -0.410 e. The molecular weight excluding hydrogens is 327 g/mol. The summed E-state index contributed by atoms with van der Waals surface area (Å²) in [4.78, 5) is 25.3. The first-order chi connectivity index (χ1) is 12.1. The van der Waals surface area contributed by atoms with Crippen LogP contribution in [-0.2, 0) is 9.53 Å². The molecule has 1 saturated heterocycles. The number of carbonyl (C=O) groups excluding carboxylic acids is 2. The highest BCUT2D eigenvalue weighted by Crippen LogP contribution is 2.19. The smallest absolute Gasteiger partial charge is 0.410 e. The molecule has 1 heterocycles. The van der Waals surface area contributed by atoms with Gasteiger partial charge in [-0.25, -0.2) is 9.18 Å². The number of hydrogen-bond donors (Lipinski definition) is 1. The number of halogens is 1. The molecule has 6 nitrogen and oxygen atoms in total. The number of morpholine rings is 1. The fourth-order valence-electron chi connectivity index (χ4n) is 2.45. The van der Waals surface area contributed by atoms with Crippen LogP contribution in [0.15, 0.2) is 54.6 Å². The topological polar surface area (TPSA) is 67.9 Å². The zero-order valence-corrected chi connectivity index (χ0v) is 13.4. The third kappa shape index (κ3) is 4.54. The van der Waals surface area contributed by atoms with Crippen LogP contribution >= 0.6 is 0 Å². The average Bonchev–Trinajstić information content (AvgIpc) is 2.63. The summed E-state index contributed by atoms with van der Waals surface area (Å²) in [5, 5.41) is 2.61. The minimum atomic E-state index is -0.597. The van der Waals surface area contributed by atoms with Crippen molar-refractivity contribution in [1.29, 1.82) is 0 Å². The monoisotopic (exact) mass is 344 g/mol. The molecule has 1 unspecified atom stereocenters. The van der Waals surface area contributed by atoms with E-state index in [1.165, 1.54) is 29.2 Å². The molecule has 1 fully saturated rings. The Morgan fingerprint density at radius 2 is 1.92 bits per heavy atom. The molecule has 0 radical (unpaired) electrons. The highest BCUT2D eigenvalue weighted by Gasteiger charge is 2.27. The van der Waals surface area contributed by atoms with Gasteiger partial charge in [0.1, 0.15) is 18.2 Å². The normalized spacial score (nSPS) is 17.2. The lowest BCUT2D eigenvalue weighted by Crippen LogP contribution is -2.51. The number of para-hydroxylation sites is 1. The van der Waals surface area contributed by atoms with Crippen molar-refractivity contribution in [3.05, 3.63) is 60.4 Å². The molecule has 7 heteroatoms. The second-order valence-corrected chi connectivity index (χ2v) is 5.50. The summed E-state index contributed by atoms with van der Waals surface area (Å²) in [6.07, 6.45) is -0.980. The average molecular weight is 344 g/mol. The molecule has 0 aliphatic carbocycles. The highest BCUT2D eigenvalue weighted by molar-refractivity contribution is 5.95. The van der Waals surface area contributed by atoms with Crippen molar-refractivity contribution in [3.63, 3.8) is 0 Å². The van der Waals surface area contributed by atoms with Crippen molar-refractivity contribution in [1.82, 2.24) is 5.32 Å². The minimum absolute atomic E-state index is 0.0997. The van der Waals surface area contributed by atoms with Crippen LogP contribution in [0.2, 0.25) is 0 Å². The van der Waals surface area contributed by atoms with Gasteiger partial charge >= 0.3 is 6.09 Å².